The third-order valence-electron chi connectivity index (χ3n) is 7.10. The quantitative estimate of drug-likeness (QED) is 0.210. The Kier molecular flexibility index (Phi) is 3.11. The topological polar surface area (TPSA) is 0 Å². The van der Waals surface area contributed by atoms with Gasteiger partial charge in [0.2, 0.25) is 0 Å². The van der Waals surface area contributed by atoms with Gasteiger partial charge in [0.1, 0.15) is 0 Å². The molecule has 0 fully saturated rings. The normalized spacial score (nSPS) is 14.8. The highest BCUT2D eigenvalue weighted by Gasteiger charge is 2.18. The van der Waals surface area contributed by atoms with Crippen molar-refractivity contribution in [2.75, 3.05) is 0 Å². The summed E-state index contributed by atoms with van der Waals surface area (Å²) in [6.45, 7) is 0. The third-order valence-corrected chi connectivity index (χ3v) is 8.25. The largest absolute Gasteiger partial charge is 0.135 e. The van der Waals surface area contributed by atoms with Crippen LogP contribution in [0, 0.1) is 0 Å². The predicted molar refractivity (Wildman–Crippen MR) is 163 cm³/mol. The van der Waals surface area contributed by atoms with Crippen molar-refractivity contribution in [1.29, 1.82) is 0 Å². The molecule has 0 radical (unpaired) electrons. The maximum Gasteiger partial charge on any atom is 0.0629 e. The summed E-state index contributed by atoms with van der Waals surface area (Å²) in [6, 6.07) is 24.5. The van der Waals surface area contributed by atoms with Crippen LogP contribution in [0.25, 0.3) is 74.7 Å². The summed E-state index contributed by atoms with van der Waals surface area (Å²) in [6.07, 6.45) is 0. The second kappa shape index (κ2) is 8.03. The van der Waals surface area contributed by atoms with Crippen LogP contribution in [-0.4, -0.2) is 0 Å². The van der Waals surface area contributed by atoms with Crippen molar-refractivity contribution >= 4 is 63.8 Å². The highest BCUT2D eigenvalue weighted by molar-refractivity contribution is 7.25. The van der Waals surface area contributed by atoms with E-state index in [0.29, 0.717) is 22.3 Å². The van der Waals surface area contributed by atoms with E-state index >= 15 is 0 Å². The van der Waals surface area contributed by atoms with Crippen molar-refractivity contribution in [2.45, 2.75) is 0 Å². The first-order chi connectivity index (χ1) is 21.7. The van der Waals surface area contributed by atoms with Crippen LogP contribution in [0.15, 0.2) is 133 Å². The lowest BCUT2D eigenvalue weighted by atomic mass is 9.84. The number of benzene rings is 7. The van der Waals surface area contributed by atoms with Gasteiger partial charge in [-0.25, -0.2) is 0 Å². The number of thiophene rings is 1. The molecule has 0 aliphatic rings. The van der Waals surface area contributed by atoms with Gasteiger partial charge in [-0.05, 0) is 72.8 Å². The third kappa shape index (κ3) is 3.08. The van der Waals surface area contributed by atoms with Crippen molar-refractivity contribution in [2.24, 2.45) is 0 Å². The molecule has 172 valence electrons. The Morgan fingerprint density at radius 2 is 1.05 bits per heavy atom. The summed E-state index contributed by atoms with van der Waals surface area (Å²) >= 11 is 1.65. The summed E-state index contributed by atoms with van der Waals surface area (Å²) in [5.74, 6) is 0. The zero-order valence-electron chi connectivity index (χ0n) is 27.5. The lowest BCUT2D eigenvalue weighted by molar-refractivity contribution is 1.69. The van der Waals surface area contributed by atoms with Gasteiger partial charge in [0.25, 0.3) is 0 Å². The molecule has 0 atom stereocenters. The lowest BCUT2D eigenvalue weighted by Gasteiger charge is -2.19. The lowest BCUT2D eigenvalue weighted by Crippen LogP contribution is -1.91. The second-order valence-corrected chi connectivity index (χ2v) is 10.2. The van der Waals surface area contributed by atoms with E-state index in [1.54, 1.807) is 11.3 Å². The predicted octanol–water partition coefficient (Wildman–Crippen LogP) is 10.8. The molecule has 0 bridgehead atoms. The molecule has 7 aromatic carbocycles. The molecule has 0 unspecified atom stereocenters. The molecule has 0 amide bonds. The minimum absolute atomic E-state index is 0.222. The summed E-state index contributed by atoms with van der Waals surface area (Å²) < 4.78 is 73.7. The highest BCUT2D eigenvalue weighted by Crippen LogP contribution is 2.46. The van der Waals surface area contributed by atoms with Crippen LogP contribution in [-0.2, 0) is 0 Å². The van der Waals surface area contributed by atoms with Crippen molar-refractivity contribution < 1.29 is 11.0 Å². The molecule has 37 heavy (non-hydrogen) atoms. The Morgan fingerprint density at radius 3 is 1.81 bits per heavy atom. The Bertz CT molecular complexity index is 2500. The van der Waals surface area contributed by atoms with Gasteiger partial charge in [0, 0.05) is 20.2 Å². The van der Waals surface area contributed by atoms with E-state index in [1.165, 1.54) is 0 Å². The number of fused-ring (bicyclic) bond motifs is 6. The fourth-order valence-corrected chi connectivity index (χ4v) is 6.59. The molecule has 0 aliphatic carbocycles. The van der Waals surface area contributed by atoms with E-state index in [4.69, 9.17) is 5.48 Å². The molecular formula is C36H22S. The van der Waals surface area contributed by atoms with E-state index in [9.17, 15) is 5.48 Å². The Labute approximate surface area is 230 Å². The summed E-state index contributed by atoms with van der Waals surface area (Å²) in [7, 11) is 0. The van der Waals surface area contributed by atoms with Gasteiger partial charge in [-0.3, -0.25) is 0 Å². The molecule has 0 N–H and O–H groups in total. The van der Waals surface area contributed by atoms with Crippen LogP contribution < -0.4 is 0 Å². The molecule has 0 saturated carbocycles. The Balaban J connectivity index is 1.69. The minimum atomic E-state index is -0.403. The van der Waals surface area contributed by atoms with E-state index in [-0.39, 0.29) is 45.7 Å². The van der Waals surface area contributed by atoms with Gasteiger partial charge >= 0.3 is 0 Å². The fourth-order valence-electron chi connectivity index (χ4n) is 5.51. The average molecular weight is 495 g/mol. The van der Waals surface area contributed by atoms with Gasteiger partial charge in [-0.2, -0.15) is 0 Å². The van der Waals surface area contributed by atoms with Gasteiger partial charge in [-0.15, -0.1) is 11.3 Å². The number of hydrogen-bond donors (Lipinski definition) is 0. The van der Waals surface area contributed by atoms with Gasteiger partial charge < -0.3 is 0 Å². The molecule has 1 aromatic heterocycles. The summed E-state index contributed by atoms with van der Waals surface area (Å²) in [5, 5.41) is 4.61. The molecule has 8 rings (SSSR count). The fraction of sp³-hybridized carbons (Fsp3) is 0. The molecule has 0 nitrogen and oxygen atoms in total. The van der Waals surface area contributed by atoms with E-state index < -0.39 is 24.2 Å². The first-order valence-electron chi connectivity index (χ1n) is 16.0. The molecular weight excluding hydrogens is 464 g/mol. The number of rotatable bonds is 2. The minimum Gasteiger partial charge on any atom is -0.135 e. The zero-order valence-corrected chi connectivity index (χ0v) is 20.3. The number of hydrogen-bond acceptors (Lipinski definition) is 1. The van der Waals surface area contributed by atoms with Crippen LogP contribution >= 0.6 is 11.3 Å². The van der Waals surface area contributed by atoms with Gasteiger partial charge in [0.05, 0.1) is 11.0 Å². The van der Waals surface area contributed by atoms with Crippen molar-refractivity contribution in [3.05, 3.63) is 133 Å². The van der Waals surface area contributed by atoms with E-state index in [0.717, 1.165) is 30.9 Å². The molecule has 1 heteroatoms. The van der Waals surface area contributed by atoms with Crippen molar-refractivity contribution in [1.82, 2.24) is 0 Å². The van der Waals surface area contributed by atoms with E-state index in [2.05, 4.69) is 6.07 Å². The zero-order chi connectivity index (χ0) is 31.3. The highest BCUT2D eigenvalue weighted by atomic mass is 32.1. The van der Waals surface area contributed by atoms with E-state index in [1.807, 2.05) is 78.9 Å². The van der Waals surface area contributed by atoms with Crippen molar-refractivity contribution in [3.8, 4) is 22.3 Å². The summed E-state index contributed by atoms with van der Waals surface area (Å²) in [5.41, 5.74) is 1.96. The van der Waals surface area contributed by atoms with Crippen molar-refractivity contribution in [3.63, 3.8) is 0 Å². The molecule has 1 heterocycles. The standard InChI is InChI=1S/C36H22S/c1-2-12-25-23(10-1)11-9-18-27(25)36-30-16-5-3-14-28(30)35(29-15-4-6-17-31(29)36)24-20-21-34-32(22-24)26-13-7-8-19-33(26)37-34/h1-22H/i3D,4D,5D,6D,14D,15D,16D,17D. The van der Waals surface area contributed by atoms with Crippen LogP contribution in [0.1, 0.15) is 11.0 Å². The van der Waals surface area contributed by atoms with Crippen LogP contribution in [0.4, 0.5) is 0 Å². The SMILES string of the molecule is [2H]c1c([2H])c([2H])c2c(-c3cccc4ccccc34)c3c([2H])c([2H])c([2H])c([2H])c3c(-c3ccc4sc5ccccc5c4c3)c2c1[2H]. The first-order valence-corrected chi connectivity index (χ1v) is 12.9. The average Bonchev–Trinajstić information content (AvgIpc) is 3.44. The maximum atomic E-state index is 9.22. The molecule has 8 aromatic rings. The molecule has 0 spiro atoms. The van der Waals surface area contributed by atoms with Gasteiger partial charge in [-0.1, -0.05) is 115 Å². The summed E-state index contributed by atoms with van der Waals surface area (Å²) in [4.78, 5) is 0. The van der Waals surface area contributed by atoms with Crippen LogP contribution in [0.2, 0.25) is 0 Å². The maximum absolute atomic E-state index is 9.22. The van der Waals surface area contributed by atoms with Crippen LogP contribution in [0.3, 0.4) is 0 Å². The second-order valence-electron chi connectivity index (χ2n) is 9.09. The van der Waals surface area contributed by atoms with Gasteiger partial charge in [0.15, 0.2) is 0 Å². The Hall–Kier alpha value is -4.46. The Morgan fingerprint density at radius 1 is 0.459 bits per heavy atom. The molecule has 0 aliphatic heterocycles. The molecule has 0 saturated heterocycles. The van der Waals surface area contributed by atoms with Crippen LogP contribution in [0.5, 0.6) is 0 Å². The smallest absolute Gasteiger partial charge is 0.0629 e. The monoisotopic (exact) mass is 494 g/mol. The first kappa shape index (κ1) is 14.3.